The van der Waals surface area contributed by atoms with Gasteiger partial charge in [-0.25, -0.2) is 0 Å². The first kappa shape index (κ1) is 18.1. The van der Waals surface area contributed by atoms with Crippen LogP contribution in [0, 0.1) is 0 Å². The van der Waals surface area contributed by atoms with Crippen molar-refractivity contribution < 1.29 is 14.4 Å². The molecule has 0 aromatic heterocycles. The fourth-order valence-corrected chi connectivity index (χ4v) is 2.40. The minimum atomic E-state index is -0.356. The Hall–Kier alpha value is -2.24. The maximum Gasteiger partial charge on any atom is 0.273 e. The van der Waals surface area contributed by atoms with Crippen LogP contribution in [0.1, 0.15) is 11.1 Å². The Morgan fingerprint density at radius 3 is 2.62 bits per heavy atom. The molecule has 0 saturated heterocycles. The van der Waals surface area contributed by atoms with Crippen LogP contribution >= 0.6 is 23.2 Å². The Kier molecular flexibility index (Phi) is 6.46. The Bertz CT molecular complexity index is 763. The van der Waals surface area contributed by atoms with Gasteiger partial charge in [-0.05, 0) is 17.7 Å². The number of rotatable bonds is 6. The van der Waals surface area contributed by atoms with Crippen LogP contribution < -0.4 is 10.1 Å². The molecule has 0 aliphatic rings. The lowest BCUT2D eigenvalue weighted by molar-refractivity contribution is -0.114. The Labute approximate surface area is 150 Å². The number of ether oxygens (including phenoxy) is 1. The topological polar surface area (TPSA) is 59.9 Å². The van der Waals surface area contributed by atoms with Gasteiger partial charge in [0, 0.05) is 12.6 Å². The van der Waals surface area contributed by atoms with Gasteiger partial charge in [0.15, 0.2) is 5.71 Å². The third kappa shape index (κ3) is 4.19. The van der Waals surface area contributed by atoms with E-state index in [1.54, 1.807) is 30.3 Å². The Morgan fingerprint density at radius 2 is 1.92 bits per heavy atom. The molecule has 0 fully saturated rings. The highest BCUT2D eigenvalue weighted by molar-refractivity contribution is 6.45. The normalized spacial score (nSPS) is 11.1. The predicted octanol–water partition coefficient (Wildman–Crippen LogP) is 3.67. The van der Waals surface area contributed by atoms with Crippen molar-refractivity contribution in [2.24, 2.45) is 5.16 Å². The number of hydrogen-bond donors (Lipinski definition) is 1. The zero-order valence-corrected chi connectivity index (χ0v) is 14.7. The van der Waals surface area contributed by atoms with E-state index in [0.717, 1.165) is 5.56 Å². The smallest absolute Gasteiger partial charge is 0.273 e. The van der Waals surface area contributed by atoms with Crippen LogP contribution in [0.15, 0.2) is 47.6 Å². The van der Waals surface area contributed by atoms with Crippen LogP contribution in [-0.2, 0) is 16.2 Å². The average Bonchev–Trinajstić information content (AvgIpc) is 2.60. The van der Waals surface area contributed by atoms with Gasteiger partial charge in [0.1, 0.15) is 24.5 Å². The lowest BCUT2D eigenvalue weighted by atomic mass is 10.0. The van der Waals surface area contributed by atoms with Gasteiger partial charge in [-0.15, -0.1) is 0 Å². The first-order valence-electron chi connectivity index (χ1n) is 7.06. The SMILES string of the molecule is CNC(=O)C(=NOC)c1ccccc1COc1cccc(Cl)c1Cl. The molecule has 1 amide bonds. The number of amides is 1. The van der Waals surface area contributed by atoms with Gasteiger partial charge < -0.3 is 14.9 Å². The molecule has 126 valence electrons. The van der Waals surface area contributed by atoms with Gasteiger partial charge in [0.05, 0.1) is 5.02 Å². The van der Waals surface area contributed by atoms with Crippen LogP contribution in [0.5, 0.6) is 5.75 Å². The molecule has 0 unspecified atom stereocenters. The minimum Gasteiger partial charge on any atom is -0.487 e. The van der Waals surface area contributed by atoms with Crippen LogP contribution in [0.25, 0.3) is 0 Å². The maximum atomic E-state index is 12.0. The number of nitrogens with zero attached hydrogens (tertiary/aromatic N) is 1. The van der Waals surface area contributed by atoms with Crippen molar-refractivity contribution in [1.29, 1.82) is 0 Å². The molecular weight excluding hydrogens is 351 g/mol. The van der Waals surface area contributed by atoms with E-state index in [4.69, 9.17) is 32.8 Å². The standard InChI is InChI=1S/C17H16Cl2N2O3/c1-20-17(22)16(21-23-2)12-7-4-3-6-11(12)10-24-14-9-5-8-13(18)15(14)19/h3-9H,10H2,1-2H3,(H,20,22). The minimum absolute atomic E-state index is 0.163. The van der Waals surface area contributed by atoms with Crippen molar-refractivity contribution in [3.05, 3.63) is 63.6 Å². The monoisotopic (exact) mass is 366 g/mol. The van der Waals surface area contributed by atoms with Crippen molar-refractivity contribution in [3.63, 3.8) is 0 Å². The molecular formula is C17H16Cl2N2O3. The number of benzene rings is 2. The van der Waals surface area contributed by atoms with Crippen molar-refractivity contribution in [1.82, 2.24) is 5.32 Å². The van der Waals surface area contributed by atoms with E-state index < -0.39 is 0 Å². The fourth-order valence-electron chi connectivity index (χ4n) is 2.05. The average molecular weight is 367 g/mol. The van der Waals surface area contributed by atoms with Gasteiger partial charge in [-0.1, -0.05) is 58.7 Å². The number of likely N-dealkylation sites (N-methyl/N-ethyl adjacent to an activating group) is 1. The highest BCUT2D eigenvalue weighted by Crippen LogP contribution is 2.32. The van der Waals surface area contributed by atoms with E-state index >= 15 is 0 Å². The van der Waals surface area contributed by atoms with Crippen LogP contribution in [0.4, 0.5) is 0 Å². The fraction of sp³-hybridized carbons (Fsp3) is 0.176. The van der Waals surface area contributed by atoms with E-state index in [1.165, 1.54) is 14.2 Å². The number of halogens is 2. The van der Waals surface area contributed by atoms with Crippen molar-refractivity contribution in [2.45, 2.75) is 6.61 Å². The van der Waals surface area contributed by atoms with Gasteiger partial charge in [-0.3, -0.25) is 4.79 Å². The third-order valence-electron chi connectivity index (χ3n) is 3.20. The van der Waals surface area contributed by atoms with Crippen molar-refractivity contribution in [3.8, 4) is 5.75 Å². The van der Waals surface area contributed by atoms with Gasteiger partial charge in [0.2, 0.25) is 0 Å². The second kappa shape index (κ2) is 8.57. The van der Waals surface area contributed by atoms with Crippen LogP contribution in [-0.4, -0.2) is 25.8 Å². The van der Waals surface area contributed by atoms with Gasteiger partial charge in [-0.2, -0.15) is 0 Å². The third-order valence-corrected chi connectivity index (χ3v) is 4.00. The summed E-state index contributed by atoms with van der Waals surface area (Å²) in [6.45, 7) is 0.190. The molecule has 0 aliphatic heterocycles. The van der Waals surface area contributed by atoms with E-state index in [2.05, 4.69) is 10.5 Å². The molecule has 0 bridgehead atoms. The quantitative estimate of drug-likeness (QED) is 0.626. The first-order chi connectivity index (χ1) is 11.6. The van der Waals surface area contributed by atoms with E-state index in [-0.39, 0.29) is 18.2 Å². The first-order valence-corrected chi connectivity index (χ1v) is 7.82. The summed E-state index contributed by atoms with van der Waals surface area (Å²) in [5.41, 5.74) is 1.53. The molecule has 5 nitrogen and oxygen atoms in total. The maximum absolute atomic E-state index is 12.0. The summed E-state index contributed by atoms with van der Waals surface area (Å²) in [5.74, 6) is 0.106. The van der Waals surface area contributed by atoms with Crippen LogP contribution in [0.2, 0.25) is 10.0 Å². The molecule has 2 aromatic rings. The van der Waals surface area contributed by atoms with Crippen LogP contribution in [0.3, 0.4) is 0 Å². The molecule has 0 radical (unpaired) electrons. The zero-order valence-electron chi connectivity index (χ0n) is 13.2. The summed E-state index contributed by atoms with van der Waals surface area (Å²) in [7, 11) is 2.91. The number of oxime groups is 1. The molecule has 0 aliphatic carbocycles. The molecule has 1 N–H and O–H groups in total. The molecule has 0 spiro atoms. The molecule has 2 aromatic carbocycles. The Morgan fingerprint density at radius 1 is 1.17 bits per heavy atom. The second-order valence-corrected chi connectivity index (χ2v) is 5.48. The van der Waals surface area contributed by atoms with Gasteiger partial charge in [0.25, 0.3) is 5.91 Å². The number of nitrogens with one attached hydrogen (secondary N) is 1. The lowest BCUT2D eigenvalue weighted by Crippen LogP contribution is -2.29. The summed E-state index contributed by atoms with van der Waals surface area (Å²) < 4.78 is 5.74. The predicted molar refractivity (Wildman–Crippen MR) is 94.8 cm³/mol. The molecule has 0 saturated carbocycles. The van der Waals surface area contributed by atoms with E-state index in [9.17, 15) is 4.79 Å². The number of carbonyl (C=O) groups is 1. The van der Waals surface area contributed by atoms with E-state index in [0.29, 0.717) is 21.4 Å². The largest absolute Gasteiger partial charge is 0.487 e. The molecule has 2 rings (SSSR count). The second-order valence-electron chi connectivity index (χ2n) is 4.70. The highest BCUT2D eigenvalue weighted by atomic mass is 35.5. The summed E-state index contributed by atoms with van der Waals surface area (Å²) in [6.07, 6.45) is 0. The molecule has 0 atom stereocenters. The van der Waals surface area contributed by atoms with E-state index in [1.807, 2.05) is 12.1 Å². The van der Waals surface area contributed by atoms with Gasteiger partial charge >= 0.3 is 0 Å². The Balaban J connectivity index is 2.30. The number of hydrogen-bond acceptors (Lipinski definition) is 4. The lowest BCUT2D eigenvalue weighted by Gasteiger charge is -2.13. The zero-order chi connectivity index (χ0) is 17.5. The summed E-state index contributed by atoms with van der Waals surface area (Å²) in [5, 5.41) is 7.10. The highest BCUT2D eigenvalue weighted by Gasteiger charge is 2.17. The number of carbonyl (C=O) groups excluding carboxylic acids is 1. The summed E-state index contributed by atoms with van der Waals surface area (Å²) in [6, 6.07) is 12.4. The molecule has 7 heteroatoms. The van der Waals surface area contributed by atoms with Crippen molar-refractivity contribution in [2.75, 3.05) is 14.2 Å². The van der Waals surface area contributed by atoms with Crippen molar-refractivity contribution >= 4 is 34.8 Å². The molecule has 0 heterocycles. The molecule has 24 heavy (non-hydrogen) atoms. The summed E-state index contributed by atoms with van der Waals surface area (Å²) >= 11 is 12.1. The summed E-state index contributed by atoms with van der Waals surface area (Å²) in [4.78, 5) is 16.8.